The van der Waals surface area contributed by atoms with Gasteiger partial charge in [-0.1, -0.05) is 35.1 Å². The Morgan fingerprint density at radius 3 is 2.84 bits per heavy atom. The van der Waals surface area contributed by atoms with Gasteiger partial charge >= 0.3 is 5.69 Å². The molecule has 0 aliphatic rings. The highest BCUT2D eigenvalue weighted by atomic mass is 35.5. The molecule has 0 bridgehead atoms. The smallest absolute Gasteiger partial charge is 0.314 e. The Labute approximate surface area is 122 Å². The van der Waals surface area contributed by atoms with E-state index in [2.05, 4.69) is 4.98 Å². The van der Waals surface area contributed by atoms with Crippen molar-refractivity contribution in [3.05, 3.63) is 43.9 Å². The topological polar surface area (TPSA) is 65.3 Å². The molecule has 5 nitrogen and oxygen atoms in total. The summed E-state index contributed by atoms with van der Waals surface area (Å²) in [6, 6.07) is 4.83. The van der Waals surface area contributed by atoms with Gasteiger partial charge in [0.15, 0.2) is 0 Å². The highest BCUT2D eigenvalue weighted by Crippen LogP contribution is 2.37. The fraction of sp³-hybridized carbons (Fsp3) is 0.182. The molecule has 19 heavy (non-hydrogen) atoms. The Hall–Kier alpha value is -1.37. The predicted molar refractivity (Wildman–Crippen MR) is 74.6 cm³/mol. The minimum absolute atomic E-state index is 0.0822. The number of aryl methyl sites for hydroxylation is 1. The van der Waals surface area contributed by atoms with Crippen LogP contribution in [0.4, 0.5) is 5.69 Å². The molecule has 2 aromatic rings. The first-order chi connectivity index (χ1) is 9.02. The Morgan fingerprint density at radius 1 is 1.53 bits per heavy atom. The van der Waals surface area contributed by atoms with E-state index in [1.54, 1.807) is 19.1 Å². The zero-order valence-corrected chi connectivity index (χ0v) is 12.1. The van der Waals surface area contributed by atoms with Crippen molar-refractivity contribution in [2.45, 2.75) is 12.8 Å². The summed E-state index contributed by atoms with van der Waals surface area (Å²) in [6.07, 6.45) is 0. The number of aromatic nitrogens is 1. The van der Waals surface area contributed by atoms with E-state index in [9.17, 15) is 10.1 Å². The second-order valence-corrected chi connectivity index (χ2v) is 5.28. The van der Waals surface area contributed by atoms with E-state index >= 15 is 0 Å². The number of benzene rings is 1. The number of hydrogen-bond acceptors (Lipinski definition) is 5. The van der Waals surface area contributed by atoms with E-state index in [1.807, 2.05) is 0 Å². The van der Waals surface area contributed by atoms with Gasteiger partial charge in [0.05, 0.1) is 15.7 Å². The number of hydrogen-bond donors (Lipinski definition) is 0. The molecule has 0 saturated heterocycles. The maximum Gasteiger partial charge on any atom is 0.314 e. The molecule has 0 atom stereocenters. The first-order valence-corrected chi connectivity index (χ1v) is 6.89. The SMILES string of the molecule is Cc1cccc(Oc2nc(Cl)c(CCl)s2)c1[N+](=O)[O-]. The number of ether oxygens (including phenoxy) is 1. The number of nitrogens with zero attached hydrogens (tertiary/aromatic N) is 2. The minimum Gasteiger partial charge on any atom is -0.423 e. The number of halogens is 2. The van der Waals surface area contributed by atoms with Crippen LogP contribution in [0.25, 0.3) is 0 Å². The van der Waals surface area contributed by atoms with Crippen LogP contribution in [-0.2, 0) is 5.88 Å². The fourth-order valence-corrected chi connectivity index (χ4v) is 2.81. The lowest BCUT2D eigenvalue weighted by atomic mass is 10.2. The predicted octanol–water partition coefficient (Wildman–Crippen LogP) is 4.54. The quantitative estimate of drug-likeness (QED) is 0.471. The average molecular weight is 319 g/mol. The van der Waals surface area contributed by atoms with Crippen molar-refractivity contribution >= 4 is 40.2 Å². The number of alkyl halides is 1. The Bertz CT molecular complexity index is 630. The third-order valence-corrected chi connectivity index (χ3v) is 4.12. The number of nitro groups is 1. The lowest BCUT2D eigenvalue weighted by Gasteiger charge is -2.04. The van der Waals surface area contributed by atoms with Gasteiger partial charge in [0.1, 0.15) is 5.15 Å². The third-order valence-electron chi connectivity index (χ3n) is 2.33. The molecule has 0 spiro atoms. The molecular formula is C11H8Cl2N2O3S. The van der Waals surface area contributed by atoms with Crippen molar-refractivity contribution in [3.8, 4) is 10.9 Å². The molecule has 1 aromatic carbocycles. The molecule has 0 aliphatic carbocycles. The van der Waals surface area contributed by atoms with Gasteiger partial charge in [-0.3, -0.25) is 10.1 Å². The highest BCUT2D eigenvalue weighted by Gasteiger charge is 2.20. The second kappa shape index (κ2) is 5.73. The van der Waals surface area contributed by atoms with Crippen molar-refractivity contribution in [1.29, 1.82) is 0 Å². The first-order valence-electron chi connectivity index (χ1n) is 5.16. The summed E-state index contributed by atoms with van der Waals surface area (Å²) < 4.78 is 5.44. The van der Waals surface area contributed by atoms with E-state index in [-0.39, 0.29) is 27.7 Å². The number of thiazole rings is 1. The Morgan fingerprint density at radius 2 is 2.26 bits per heavy atom. The summed E-state index contributed by atoms with van der Waals surface area (Å²) in [5.74, 6) is 0.354. The van der Waals surface area contributed by atoms with Gasteiger partial charge in [-0.25, -0.2) is 0 Å². The molecule has 0 amide bonds. The lowest BCUT2D eigenvalue weighted by molar-refractivity contribution is -0.386. The number of nitro benzene ring substituents is 1. The summed E-state index contributed by atoms with van der Waals surface area (Å²) in [5.41, 5.74) is 0.434. The Kier molecular flexibility index (Phi) is 4.24. The van der Waals surface area contributed by atoms with Gasteiger partial charge in [0.2, 0.25) is 5.75 Å². The van der Waals surface area contributed by atoms with E-state index in [1.165, 1.54) is 6.07 Å². The molecule has 0 fully saturated rings. The van der Waals surface area contributed by atoms with E-state index in [4.69, 9.17) is 27.9 Å². The van der Waals surface area contributed by atoms with Crippen molar-refractivity contribution < 1.29 is 9.66 Å². The van der Waals surface area contributed by atoms with Crippen LogP contribution in [0.3, 0.4) is 0 Å². The first kappa shape index (κ1) is 14.0. The molecule has 0 saturated carbocycles. The zero-order valence-electron chi connectivity index (χ0n) is 9.72. The van der Waals surface area contributed by atoms with Crippen LogP contribution >= 0.6 is 34.5 Å². The summed E-state index contributed by atoms with van der Waals surface area (Å²) >= 11 is 12.7. The van der Waals surface area contributed by atoms with Crippen LogP contribution in [0, 0.1) is 17.0 Å². The summed E-state index contributed by atoms with van der Waals surface area (Å²) in [4.78, 5) is 15.2. The standard InChI is InChI=1S/C11H8Cl2N2O3S/c1-6-3-2-4-7(9(6)15(16)17)18-11-14-10(13)8(5-12)19-11/h2-4H,5H2,1H3. The molecule has 1 aromatic heterocycles. The van der Waals surface area contributed by atoms with Crippen molar-refractivity contribution in [2.24, 2.45) is 0 Å². The van der Waals surface area contributed by atoms with Crippen LogP contribution in [0.15, 0.2) is 18.2 Å². The minimum atomic E-state index is -0.484. The molecule has 0 N–H and O–H groups in total. The zero-order chi connectivity index (χ0) is 14.0. The van der Waals surface area contributed by atoms with E-state index in [0.29, 0.717) is 10.4 Å². The molecule has 1 heterocycles. The van der Waals surface area contributed by atoms with Crippen LogP contribution in [0.2, 0.25) is 5.15 Å². The van der Waals surface area contributed by atoms with Gasteiger partial charge < -0.3 is 4.74 Å². The maximum atomic E-state index is 11.0. The van der Waals surface area contributed by atoms with Crippen LogP contribution < -0.4 is 4.74 Å². The molecule has 0 radical (unpaired) electrons. The van der Waals surface area contributed by atoms with Gasteiger partial charge in [-0.05, 0) is 13.0 Å². The van der Waals surface area contributed by atoms with E-state index in [0.717, 1.165) is 11.3 Å². The fourth-order valence-electron chi connectivity index (χ4n) is 1.48. The molecule has 0 aliphatic heterocycles. The van der Waals surface area contributed by atoms with Crippen molar-refractivity contribution in [1.82, 2.24) is 4.98 Å². The summed E-state index contributed by atoms with van der Waals surface area (Å²) in [5, 5.41) is 11.5. The average Bonchev–Trinajstić information content (AvgIpc) is 2.69. The van der Waals surface area contributed by atoms with Gasteiger partial charge in [0, 0.05) is 5.56 Å². The number of para-hydroxylation sites is 1. The molecule has 8 heteroatoms. The van der Waals surface area contributed by atoms with Gasteiger partial charge in [-0.15, -0.1) is 11.6 Å². The monoisotopic (exact) mass is 318 g/mol. The highest BCUT2D eigenvalue weighted by molar-refractivity contribution is 7.14. The lowest BCUT2D eigenvalue weighted by Crippen LogP contribution is -1.95. The van der Waals surface area contributed by atoms with Crippen LogP contribution in [0.1, 0.15) is 10.4 Å². The molecule has 0 unspecified atom stereocenters. The molecule has 100 valence electrons. The largest absolute Gasteiger partial charge is 0.423 e. The summed E-state index contributed by atoms with van der Waals surface area (Å²) in [7, 11) is 0. The third kappa shape index (κ3) is 2.97. The number of rotatable bonds is 4. The van der Waals surface area contributed by atoms with Crippen molar-refractivity contribution in [3.63, 3.8) is 0 Å². The Balaban J connectivity index is 2.37. The molecule has 2 rings (SSSR count). The van der Waals surface area contributed by atoms with Crippen LogP contribution in [0.5, 0.6) is 10.9 Å². The van der Waals surface area contributed by atoms with Gasteiger partial charge in [0.25, 0.3) is 5.19 Å². The van der Waals surface area contributed by atoms with E-state index < -0.39 is 4.92 Å². The normalized spacial score (nSPS) is 10.5. The second-order valence-electron chi connectivity index (χ2n) is 3.61. The summed E-state index contributed by atoms with van der Waals surface area (Å²) in [6.45, 7) is 1.64. The van der Waals surface area contributed by atoms with Crippen molar-refractivity contribution in [2.75, 3.05) is 0 Å². The maximum absolute atomic E-state index is 11.0. The van der Waals surface area contributed by atoms with Crippen LogP contribution in [-0.4, -0.2) is 9.91 Å². The van der Waals surface area contributed by atoms with Gasteiger partial charge in [-0.2, -0.15) is 4.98 Å². The molecular weight excluding hydrogens is 311 g/mol.